The average molecular weight is 351 g/mol. The Balaban J connectivity index is 2.05. The number of pyridine rings is 1. The number of ether oxygens (including phenoxy) is 1. The summed E-state index contributed by atoms with van der Waals surface area (Å²) >= 11 is 5.92. The van der Waals surface area contributed by atoms with Crippen LogP contribution in [0.15, 0.2) is 29.3 Å². The van der Waals surface area contributed by atoms with Crippen LogP contribution in [0, 0.1) is 17.8 Å². The van der Waals surface area contributed by atoms with E-state index in [9.17, 15) is 4.79 Å². The van der Waals surface area contributed by atoms with Gasteiger partial charge in [-0.25, -0.2) is 14.8 Å². The maximum absolute atomic E-state index is 11.0. The van der Waals surface area contributed by atoms with E-state index >= 15 is 0 Å². The quantitative estimate of drug-likeness (QED) is 0.772. The van der Waals surface area contributed by atoms with Crippen molar-refractivity contribution in [3.8, 4) is 0 Å². The first-order chi connectivity index (χ1) is 11.3. The van der Waals surface area contributed by atoms with Gasteiger partial charge in [-0.2, -0.15) is 0 Å². The molecule has 1 atom stereocenters. The van der Waals surface area contributed by atoms with Gasteiger partial charge in [0.05, 0.1) is 17.9 Å². The topological polar surface area (TPSA) is 71.8 Å². The minimum Gasteiger partial charge on any atom is -0.478 e. The van der Waals surface area contributed by atoms with Gasteiger partial charge in [-0.05, 0) is 42.0 Å². The molecule has 5 nitrogen and oxygen atoms in total. The second-order valence-electron chi connectivity index (χ2n) is 6.61. The van der Waals surface area contributed by atoms with Crippen molar-refractivity contribution in [1.29, 1.82) is 0 Å². The maximum Gasteiger partial charge on any atom is 0.338 e. The fourth-order valence-corrected chi connectivity index (χ4v) is 3.00. The summed E-state index contributed by atoms with van der Waals surface area (Å²) < 4.78 is 5.84. The molecule has 0 aliphatic carbocycles. The third-order valence-electron chi connectivity index (χ3n) is 4.23. The predicted octanol–water partition coefficient (Wildman–Crippen LogP) is 4.39. The zero-order valence-electron chi connectivity index (χ0n) is 14.4. The fourth-order valence-electron chi connectivity index (χ4n) is 2.76. The Hall–Kier alpha value is -1.88. The van der Waals surface area contributed by atoms with Gasteiger partial charge in [-0.15, -0.1) is 0 Å². The summed E-state index contributed by atoms with van der Waals surface area (Å²) in [5, 5.41) is 8.96. The van der Waals surface area contributed by atoms with Crippen molar-refractivity contribution < 1.29 is 14.6 Å². The molecule has 1 unspecified atom stereocenters. The van der Waals surface area contributed by atoms with Crippen LogP contribution in [0.4, 0.5) is 0 Å². The van der Waals surface area contributed by atoms with Gasteiger partial charge < -0.3 is 9.84 Å². The van der Waals surface area contributed by atoms with E-state index in [1.165, 1.54) is 6.07 Å². The highest BCUT2D eigenvalue weighted by Gasteiger charge is 2.21. The van der Waals surface area contributed by atoms with Crippen LogP contribution in [0.25, 0.3) is 0 Å². The molecule has 2 heterocycles. The number of aliphatic imine (C=N–C) groups is 1. The van der Waals surface area contributed by atoms with E-state index in [1.807, 2.05) is 12.2 Å². The highest BCUT2D eigenvalue weighted by Crippen LogP contribution is 2.26. The summed E-state index contributed by atoms with van der Waals surface area (Å²) in [5.41, 5.74) is 0.587. The number of carboxylic acids is 1. The van der Waals surface area contributed by atoms with Crippen LogP contribution in [0.1, 0.15) is 49.8 Å². The predicted molar refractivity (Wildman–Crippen MR) is 94.6 cm³/mol. The standard InChI is InChI=1S/C18H23ClN2O3/c1-10(2)13(11(3)4)9-24-16-8-7-14(20-16)15-6-5-12(18(22)23)17(19)21-15/h5-8,10-11,13-14H,9H2,1-4H3,(H,22,23). The number of carbonyl (C=O) groups is 1. The van der Waals surface area contributed by atoms with Crippen molar-refractivity contribution in [2.75, 3.05) is 6.61 Å². The molecule has 0 amide bonds. The molecule has 0 aromatic carbocycles. The molecule has 0 saturated heterocycles. The van der Waals surface area contributed by atoms with Gasteiger partial charge in [-0.3, -0.25) is 0 Å². The summed E-state index contributed by atoms with van der Waals surface area (Å²) in [6.45, 7) is 9.40. The molecule has 1 aliphatic heterocycles. The SMILES string of the molecule is CC(C)C(COC1=NC(c2ccc(C(=O)O)c(Cl)n2)C=C1)C(C)C. The van der Waals surface area contributed by atoms with E-state index in [0.717, 1.165) is 0 Å². The van der Waals surface area contributed by atoms with E-state index in [4.69, 9.17) is 21.4 Å². The van der Waals surface area contributed by atoms with Gasteiger partial charge in [0.1, 0.15) is 11.2 Å². The largest absolute Gasteiger partial charge is 0.478 e. The molecule has 24 heavy (non-hydrogen) atoms. The van der Waals surface area contributed by atoms with Crippen LogP contribution in [-0.2, 0) is 4.74 Å². The molecule has 1 aromatic rings. The van der Waals surface area contributed by atoms with Crippen LogP contribution in [0.5, 0.6) is 0 Å². The van der Waals surface area contributed by atoms with E-state index in [0.29, 0.717) is 36.0 Å². The lowest BCUT2D eigenvalue weighted by Gasteiger charge is -2.24. The van der Waals surface area contributed by atoms with Gasteiger partial charge in [-0.1, -0.05) is 39.3 Å². The summed E-state index contributed by atoms with van der Waals surface area (Å²) in [6.07, 6.45) is 3.69. The Kier molecular flexibility index (Phi) is 5.99. The first-order valence-corrected chi connectivity index (χ1v) is 8.46. The van der Waals surface area contributed by atoms with Gasteiger partial charge in [0.2, 0.25) is 5.90 Å². The van der Waals surface area contributed by atoms with Crippen LogP contribution in [-0.4, -0.2) is 28.6 Å². The van der Waals surface area contributed by atoms with E-state index in [1.54, 1.807) is 6.07 Å². The molecule has 0 spiro atoms. The van der Waals surface area contributed by atoms with Gasteiger partial charge in [0, 0.05) is 0 Å². The van der Waals surface area contributed by atoms with Gasteiger partial charge in [0.25, 0.3) is 0 Å². The van der Waals surface area contributed by atoms with Crippen molar-refractivity contribution >= 4 is 23.5 Å². The zero-order valence-corrected chi connectivity index (χ0v) is 15.1. The molecular formula is C18H23ClN2O3. The lowest BCUT2D eigenvalue weighted by atomic mass is 9.86. The Morgan fingerprint density at radius 3 is 2.50 bits per heavy atom. The number of aromatic nitrogens is 1. The maximum atomic E-state index is 11.0. The summed E-state index contributed by atoms with van der Waals surface area (Å²) in [4.78, 5) is 19.6. The first kappa shape index (κ1) is 18.5. The number of aromatic carboxylic acids is 1. The molecule has 6 heteroatoms. The van der Waals surface area contributed by atoms with Crippen LogP contribution in [0.3, 0.4) is 0 Å². The van der Waals surface area contributed by atoms with E-state index < -0.39 is 5.97 Å². The third kappa shape index (κ3) is 4.35. The van der Waals surface area contributed by atoms with Crippen molar-refractivity contribution in [2.45, 2.75) is 33.7 Å². The number of rotatable bonds is 6. The summed E-state index contributed by atoms with van der Waals surface area (Å²) in [6, 6.07) is 2.78. The van der Waals surface area contributed by atoms with Crippen LogP contribution < -0.4 is 0 Å². The van der Waals surface area contributed by atoms with Gasteiger partial charge in [0.15, 0.2) is 0 Å². The molecule has 1 aromatic heterocycles. The second-order valence-corrected chi connectivity index (χ2v) is 6.97. The van der Waals surface area contributed by atoms with E-state index in [-0.39, 0.29) is 16.8 Å². The summed E-state index contributed by atoms with van der Waals surface area (Å²) in [7, 11) is 0. The molecule has 0 radical (unpaired) electrons. The van der Waals surface area contributed by atoms with Crippen molar-refractivity contribution in [3.05, 3.63) is 40.7 Å². The lowest BCUT2D eigenvalue weighted by Crippen LogP contribution is -2.22. The Bertz CT molecular complexity index is 660. The van der Waals surface area contributed by atoms with Crippen molar-refractivity contribution in [2.24, 2.45) is 22.7 Å². The Morgan fingerprint density at radius 2 is 1.96 bits per heavy atom. The monoisotopic (exact) mass is 350 g/mol. The van der Waals surface area contributed by atoms with Crippen LogP contribution >= 0.6 is 11.6 Å². The normalized spacial score (nSPS) is 17.0. The summed E-state index contributed by atoms with van der Waals surface area (Å²) in [5.74, 6) is 1.02. The first-order valence-electron chi connectivity index (χ1n) is 8.08. The highest BCUT2D eigenvalue weighted by molar-refractivity contribution is 6.32. The molecule has 0 saturated carbocycles. The minimum atomic E-state index is -1.10. The Labute approximate surface area is 147 Å². The van der Waals surface area contributed by atoms with Crippen molar-refractivity contribution in [1.82, 2.24) is 4.98 Å². The van der Waals surface area contributed by atoms with E-state index in [2.05, 4.69) is 37.7 Å². The molecular weight excluding hydrogens is 328 g/mol. The second kappa shape index (κ2) is 7.79. The van der Waals surface area contributed by atoms with Crippen LogP contribution in [0.2, 0.25) is 5.15 Å². The number of halogens is 1. The molecule has 130 valence electrons. The zero-order chi connectivity index (χ0) is 17.9. The van der Waals surface area contributed by atoms with Crippen molar-refractivity contribution in [3.63, 3.8) is 0 Å². The minimum absolute atomic E-state index is 0.0143. The number of carboxylic acid groups (broad SMARTS) is 1. The number of hydrogen-bond acceptors (Lipinski definition) is 4. The Morgan fingerprint density at radius 1 is 1.29 bits per heavy atom. The molecule has 1 N–H and O–H groups in total. The fraction of sp³-hybridized carbons (Fsp3) is 0.500. The molecule has 0 fully saturated rings. The average Bonchev–Trinajstić information content (AvgIpc) is 2.95. The lowest BCUT2D eigenvalue weighted by molar-refractivity contribution is 0.0696. The van der Waals surface area contributed by atoms with Gasteiger partial charge >= 0.3 is 5.97 Å². The number of hydrogen-bond donors (Lipinski definition) is 1. The molecule has 0 bridgehead atoms. The molecule has 1 aliphatic rings. The number of nitrogens with zero attached hydrogens (tertiary/aromatic N) is 2. The highest BCUT2D eigenvalue weighted by atomic mass is 35.5. The smallest absolute Gasteiger partial charge is 0.338 e. The molecule has 2 rings (SSSR count). The third-order valence-corrected chi connectivity index (χ3v) is 4.52.